The molecule has 66 heavy (non-hydrogen) atoms. The highest BCUT2D eigenvalue weighted by Gasteiger charge is 2.44. The minimum Gasteiger partial charge on any atom is -0.493 e. The zero-order chi connectivity index (χ0) is 47.5. The van der Waals surface area contributed by atoms with E-state index in [1.165, 1.54) is 4.90 Å². The van der Waals surface area contributed by atoms with Gasteiger partial charge >= 0.3 is 0 Å². The molecule has 5 rings (SSSR count). The van der Waals surface area contributed by atoms with E-state index in [1.54, 1.807) is 25.6 Å². The molecule has 0 bridgehead atoms. The molecule has 1 radical (unpaired) electrons. The summed E-state index contributed by atoms with van der Waals surface area (Å²) < 4.78 is 33.2. The van der Waals surface area contributed by atoms with Gasteiger partial charge in [-0.3, -0.25) is 19.2 Å². The van der Waals surface area contributed by atoms with Crippen LogP contribution in [0.4, 0.5) is 0 Å². The summed E-state index contributed by atoms with van der Waals surface area (Å²) in [5, 5.41) is 19.0. The van der Waals surface area contributed by atoms with Gasteiger partial charge < -0.3 is 54.4 Å². The van der Waals surface area contributed by atoms with E-state index in [1.807, 2.05) is 99.9 Å². The number of rotatable bonds is 26. The highest BCUT2D eigenvalue weighted by atomic mass is 32.1. The molecule has 2 heterocycles. The minimum absolute atomic E-state index is 0.0243. The summed E-state index contributed by atoms with van der Waals surface area (Å²) in [5.41, 5.74) is 6.01. The number of nitrogens with zero attached hydrogens (tertiary/aromatic N) is 2. The van der Waals surface area contributed by atoms with Gasteiger partial charge in [-0.15, -0.1) is 11.3 Å². The van der Waals surface area contributed by atoms with Crippen LogP contribution in [-0.2, 0) is 46.4 Å². The number of para-hydroxylation sites is 1. The Hall–Kier alpha value is -5.59. The largest absolute Gasteiger partial charge is 0.493 e. The topological polar surface area (TPSA) is 196 Å². The lowest BCUT2D eigenvalue weighted by atomic mass is 9.85. The standard InChI is InChI=1S/C49H64N5O11S/c1-33-45(66-32-52-33)37-17-14-35(15-18-37)28-51-47(58)39-27-38(55)29-54(39)48(59)46(49(2,3)4)53-44(57)30-64-25-24-63-23-22-62-21-20-50-43(56)31-65-40-13-8-7-11-36(40)12-9-10-34-16-19-41(60-5)42(26-34)61-6/h7-8,11-19,26,32,38-39,46,55H,9-10,20-25,27-31H2,1-6H3,(H,50,56)(H,51,58)(H,53,57)/t38-,39+,46-/m1/s1. The summed E-state index contributed by atoms with van der Waals surface area (Å²) >= 11 is 1.57. The monoisotopic (exact) mass is 930 g/mol. The van der Waals surface area contributed by atoms with Gasteiger partial charge in [0.15, 0.2) is 18.1 Å². The summed E-state index contributed by atoms with van der Waals surface area (Å²) in [7, 11) is 3.22. The Morgan fingerprint density at radius 3 is 2.24 bits per heavy atom. The van der Waals surface area contributed by atoms with Gasteiger partial charge in [0.05, 0.1) is 69.4 Å². The third-order valence-corrected chi connectivity index (χ3v) is 11.8. The lowest BCUT2D eigenvalue weighted by Gasteiger charge is -2.35. The second-order valence-corrected chi connectivity index (χ2v) is 17.7. The van der Waals surface area contributed by atoms with Crippen molar-refractivity contribution in [1.82, 2.24) is 25.8 Å². The number of β-amino-alcohol motifs (C(OH)–C–C–N with tert-alkyl or cyclic N) is 1. The zero-order valence-electron chi connectivity index (χ0n) is 38.8. The number of likely N-dealkylation sites (tertiary alicyclic amines) is 1. The number of carbonyl (C=O) groups excluding carboxylic acids is 4. The van der Waals surface area contributed by atoms with Crippen LogP contribution in [0.2, 0.25) is 0 Å². The molecule has 0 spiro atoms. The van der Waals surface area contributed by atoms with E-state index in [-0.39, 0.29) is 71.0 Å². The Morgan fingerprint density at radius 2 is 1.55 bits per heavy atom. The number of aliphatic hydroxyl groups excluding tert-OH is 1. The minimum atomic E-state index is -0.976. The smallest absolute Gasteiger partial charge is 0.258 e. The molecule has 1 aromatic heterocycles. The van der Waals surface area contributed by atoms with Crippen LogP contribution in [0.5, 0.6) is 17.2 Å². The Kier molecular flexibility index (Phi) is 20.2. The molecule has 3 aromatic carbocycles. The van der Waals surface area contributed by atoms with Gasteiger partial charge in [0.2, 0.25) is 17.7 Å². The lowest BCUT2D eigenvalue weighted by Crippen LogP contribution is -2.58. The van der Waals surface area contributed by atoms with E-state index in [2.05, 4.69) is 27.4 Å². The highest BCUT2D eigenvalue weighted by molar-refractivity contribution is 7.13. The van der Waals surface area contributed by atoms with Crippen molar-refractivity contribution >= 4 is 35.0 Å². The average Bonchev–Trinajstić information content (AvgIpc) is 3.93. The summed E-state index contributed by atoms with van der Waals surface area (Å²) in [6.07, 6.45) is 2.85. The first-order valence-corrected chi connectivity index (χ1v) is 23.0. The van der Waals surface area contributed by atoms with Crippen molar-refractivity contribution in [3.8, 4) is 27.7 Å². The number of aromatic nitrogens is 1. The number of carbonyl (C=O) groups is 4. The molecular formula is C49H64N5O11S. The number of ether oxygens (including phenoxy) is 6. The quantitative estimate of drug-likeness (QED) is 0.0637. The molecule has 4 N–H and O–H groups in total. The number of benzene rings is 3. The summed E-state index contributed by atoms with van der Waals surface area (Å²) in [6.45, 7) is 8.70. The molecule has 1 aliphatic heterocycles. The number of hydrogen-bond donors (Lipinski definition) is 4. The predicted octanol–water partition coefficient (Wildman–Crippen LogP) is 4.67. The molecule has 0 unspecified atom stereocenters. The van der Waals surface area contributed by atoms with Crippen molar-refractivity contribution in [3.63, 3.8) is 0 Å². The number of amides is 4. The Bertz CT molecular complexity index is 2180. The highest BCUT2D eigenvalue weighted by Crippen LogP contribution is 2.30. The third kappa shape index (κ3) is 15.8. The number of methoxy groups -OCH3 is 2. The molecule has 3 atom stereocenters. The molecular weight excluding hydrogens is 867 g/mol. The van der Waals surface area contributed by atoms with E-state index >= 15 is 0 Å². The van der Waals surface area contributed by atoms with Gasteiger partial charge in [-0.1, -0.05) is 69.3 Å². The van der Waals surface area contributed by atoms with E-state index in [9.17, 15) is 24.3 Å². The van der Waals surface area contributed by atoms with Gasteiger partial charge in [0.25, 0.3) is 5.91 Å². The fourth-order valence-electron chi connectivity index (χ4n) is 7.26. The molecule has 0 aliphatic carbocycles. The van der Waals surface area contributed by atoms with Crippen LogP contribution >= 0.6 is 11.3 Å². The molecule has 16 nitrogen and oxygen atoms in total. The Balaban J connectivity index is 0.918. The molecule has 1 saturated heterocycles. The molecule has 1 fully saturated rings. The first-order valence-electron chi connectivity index (χ1n) is 22.1. The van der Waals surface area contributed by atoms with Crippen molar-refractivity contribution in [3.05, 3.63) is 101 Å². The van der Waals surface area contributed by atoms with Crippen LogP contribution in [0.25, 0.3) is 10.4 Å². The van der Waals surface area contributed by atoms with Crippen LogP contribution in [0, 0.1) is 18.8 Å². The van der Waals surface area contributed by atoms with E-state index < -0.39 is 35.4 Å². The predicted molar refractivity (Wildman–Crippen MR) is 250 cm³/mol. The van der Waals surface area contributed by atoms with Crippen LogP contribution < -0.4 is 30.2 Å². The van der Waals surface area contributed by atoms with Gasteiger partial charge in [0.1, 0.15) is 24.4 Å². The third-order valence-electron chi connectivity index (χ3n) is 10.8. The maximum absolute atomic E-state index is 13.9. The SMILES string of the molecule is COc1ccc(CC[CH]c2ccccc2OCC(=O)NCCOCCOCCOCC(=O)N[C@H](C(=O)N2C[C@H](O)C[C@H]2C(=O)NCc2ccc(-c3scnc3C)cc2)C(C)(C)C)cc1OC. The van der Waals surface area contributed by atoms with Gasteiger partial charge in [0, 0.05) is 26.1 Å². The maximum Gasteiger partial charge on any atom is 0.258 e. The van der Waals surface area contributed by atoms with Gasteiger partial charge in [-0.2, -0.15) is 0 Å². The number of hydrogen-bond acceptors (Lipinski definition) is 13. The van der Waals surface area contributed by atoms with E-state index in [0.29, 0.717) is 30.4 Å². The van der Waals surface area contributed by atoms with Crippen molar-refractivity contribution < 1.29 is 52.7 Å². The fraction of sp³-hybridized carbons (Fsp3) is 0.469. The number of nitrogens with one attached hydrogen (secondary N) is 3. The molecule has 357 valence electrons. The normalized spacial score (nSPS) is 15.2. The first kappa shape index (κ1) is 51.4. The zero-order valence-corrected chi connectivity index (χ0v) is 39.6. The van der Waals surface area contributed by atoms with Crippen molar-refractivity contribution in [1.29, 1.82) is 0 Å². The average molecular weight is 931 g/mol. The lowest BCUT2D eigenvalue weighted by molar-refractivity contribution is -0.144. The molecule has 17 heteroatoms. The van der Waals surface area contributed by atoms with Gasteiger partial charge in [-0.25, -0.2) is 4.98 Å². The van der Waals surface area contributed by atoms with E-state index in [4.69, 9.17) is 28.4 Å². The van der Waals surface area contributed by atoms with Crippen LogP contribution in [0.15, 0.2) is 72.2 Å². The second kappa shape index (κ2) is 25.9. The summed E-state index contributed by atoms with van der Waals surface area (Å²) in [4.78, 5) is 59.4. The van der Waals surface area contributed by atoms with Gasteiger partial charge in [-0.05, 0) is 72.1 Å². The van der Waals surface area contributed by atoms with Crippen LogP contribution in [-0.4, -0.2) is 130 Å². The van der Waals surface area contributed by atoms with Crippen LogP contribution in [0.3, 0.4) is 0 Å². The molecule has 4 aromatic rings. The molecule has 1 aliphatic rings. The van der Waals surface area contributed by atoms with Crippen molar-refractivity contribution in [2.75, 3.05) is 73.6 Å². The fourth-order valence-corrected chi connectivity index (χ4v) is 8.07. The number of aliphatic hydroxyl groups is 1. The second-order valence-electron chi connectivity index (χ2n) is 16.8. The Labute approximate surface area is 391 Å². The van der Waals surface area contributed by atoms with Crippen molar-refractivity contribution in [2.24, 2.45) is 5.41 Å². The number of aryl methyl sites for hydroxylation is 2. The molecule has 0 saturated carbocycles. The Morgan fingerprint density at radius 1 is 0.848 bits per heavy atom. The van der Waals surface area contributed by atoms with Crippen molar-refractivity contribution in [2.45, 2.75) is 71.7 Å². The summed E-state index contributed by atoms with van der Waals surface area (Å²) in [6, 6.07) is 19.4. The molecule has 4 amide bonds. The first-order chi connectivity index (χ1) is 31.8. The van der Waals surface area contributed by atoms with Crippen LogP contribution in [0.1, 0.15) is 56.0 Å². The van der Waals surface area contributed by atoms with E-state index in [0.717, 1.165) is 45.7 Å². The maximum atomic E-state index is 13.9. The summed E-state index contributed by atoms with van der Waals surface area (Å²) in [5.74, 6) is 0.390. The number of thiazole rings is 1.